The summed E-state index contributed by atoms with van der Waals surface area (Å²) >= 11 is 0. The van der Waals surface area contributed by atoms with Crippen molar-refractivity contribution in [2.45, 2.75) is 20.5 Å². The molecule has 7 nitrogen and oxygen atoms in total. The van der Waals surface area contributed by atoms with Crippen molar-refractivity contribution < 1.29 is 23.6 Å². The minimum atomic E-state index is -0.543. The Morgan fingerprint density at radius 2 is 1.95 bits per heavy atom. The number of carbonyl (C=O) groups excluding carboxylic acids is 2. The molecule has 116 valence electrons. The predicted octanol–water partition coefficient (Wildman–Crippen LogP) is 2.91. The SMILES string of the molecule is CCOC(=O)Nc1ccc(C(=O)OCc2cc(C)no2)cc1. The third-order valence-corrected chi connectivity index (χ3v) is 2.66. The van der Waals surface area contributed by atoms with Crippen molar-refractivity contribution >= 4 is 17.7 Å². The van der Waals surface area contributed by atoms with Crippen molar-refractivity contribution in [1.29, 1.82) is 0 Å². The van der Waals surface area contributed by atoms with Crippen molar-refractivity contribution in [3.63, 3.8) is 0 Å². The fourth-order valence-electron chi connectivity index (χ4n) is 1.68. The summed E-state index contributed by atoms with van der Waals surface area (Å²) in [7, 11) is 0. The van der Waals surface area contributed by atoms with Crippen LogP contribution in [0.4, 0.5) is 10.5 Å². The van der Waals surface area contributed by atoms with Gasteiger partial charge in [-0.1, -0.05) is 5.16 Å². The number of anilines is 1. The van der Waals surface area contributed by atoms with Crippen LogP contribution in [0.25, 0.3) is 0 Å². The molecule has 0 saturated carbocycles. The van der Waals surface area contributed by atoms with Gasteiger partial charge in [0.15, 0.2) is 12.4 Å². The highest BCUT2D eigenvalue weighted by molar-refractivity contribution is 5.91. The van der Waals surface area contributed by atoms with Crippen LogP contribution >= 0.6 is 0 Å². The number of aryl methyl sites for hydroxylation is 1. The maximum absolute atomic E-state index is 11.9. The summed E-state index contributed by atoms with van der Waals surface area (Å²) in [5, 5.41) is 6.24. The van der Waals surface area contributed by atoms with Crippen molar-refractivity contribution in [3.05, 3.63) is 47.3 Å². The van der Waals surface area contributed by atoms with E-state index in [2.05, 4.69) is 10.5 Å². The zero-order valence-corrected chi connectivity index (χ0v) is 12.3. The first-order chi connectivity index (χ1) is 10.6. The zero-order valence-electron chi connectivity index (χ0n) is 12.3. The van der Waals surface area contributed by atoms with E-state index in [9.17, 15) is 9.59 Å². The van der Waals surface area contributed by atoms with Gasteiger partial charge in [-0.2, -0.15) is 0 Å². The third-order valence-electron chi connectivity index (χ3n) is 2.66. The zero-order chi connectivity index (χ0) is 15.9. The highest BCUT2D eigenvalue weighted by atomic mass is 16.6. The number of nitrogens with one attached hydrogen (secondary N) is 1. The quantitative estimate of drug-likeness (QED) is 0.854. The molecule has 1 N–H and O–H groups in total. The number of hydrogen-bond acceptors (Lipinski definition) is 6. The van der Waals surface area contributed by atoms with Crippen LogP contribution in [0.5, 0.6) is 0 Å². The molecule has 1 aromatic heterocycles. The summed E-state index contributed by atoms with van der Waals surface area (Å²) in [6, 6.07) is 7.98. The number of nitrogens with zero attached hydrogens (tertiary/aromatic N) is 1. The first-order valence-corrected chi connectivity index (χ1v) is 6.71. The molecule has 7 heteroatoms. The molecule has 2 rings (SSSR count). The molecule has 0 spiro atoms. The van der Waals surface area contributed by atoms with Crippen LogP contribution in [0, 0.1) is 6.92 Å². The van der Waals surface area contributed by atoms with Crippen molar-refractivity contribution in [3.8, 4) is 0 Å². The maximum atomic E-state index is 11.9. The van der Waals surface area contributed by atoms with Gasteiger partial charge in [-0.15, -0.1) is 0 Å². The van der Waals surface area contributed by atoms with Crippen molar-refractivity contribution in [2.75, 3.05) is 11.9 Å². The Bertz CT molecular complexity index is 648. The van der Waals surface area contributed by atoms with Gasteiger partial charge in [0.05, 0.1) is 17.9 Å². The summed E-state index contributed by atoms with van der Waals surface area (Å²) in [5.74, 6) is -0.0109. The molecule has 0 saturated heterocycles. The molecule has 0 bridgehead atoms. The second-order valence-electron chi connectivity index (χ2n) is 4.43. The van der Waals surface area contributed by atoms with Crippen molar-refractivity contribution in [1.82, 2.24) is 5.16 Å². The molecular weight excluding hydrogens is 288 g/mol. The Morgan fingerprint density at radius 3 is 2.55 bits per heavy atom. The number of amides is 1. The molecule has 0 radical (unpaired) electrons. The smallest absolute Gasteiger partial charge is 0.411 e. The fraction of sp³-hybridized carbons (Fsp3) is 0.267. The maximum Gasteiger partial charge on any atom is 0.411 e. The Balaban J connectivity index is 1.89. The standard InChI is InChI=1S/C15H16N2O5/c1-3-20-15(19)16-12-6-4-11(5-7-12)14(18)21-9-13-8-10(2)17-22-13/h4-8H,3,9H2,1-2H3,(H,16,19). The Hall–Kier alpha value is -2.83. The lowest BCUT2D eigenvalue weighted by molar-refractivity contribution is 0.0437. The molecule has 1 amide bonds. The average molecular weight is 304 g/mol. The molecule has 1 heterocycles. The number of benzene rings is 1. The molecule has 0 aliphatic rings. The van der Waals surface area contributed by atoms with E-state index in [-0.39, 0.29) is 13.2 Å². The molecule has 2 aromatic rings. The molecule has 0 atom stereocenters. The van der Waals surface area contributed by atoms with E-state index in [1.165, 1.54) is 0 Å². The lowest BCUT2D eigenvalue weighted by Crippen LogP contribution is -2.13. The molecule has 0 fully saturated rings. The number of aromatic nitrogens is 1. The summed E-state index contributed by atoms with van der Waals surface area (Å²) in [4.78, 5) is 23.1. The van der Waals surface area contributed by atoms with E-state index in [4.69, 9.17) is 14.0 Å². The first-order valence-electron chi connectivity index (χ1n) is 6.71. The van der Waals surface area contributed by atoms with Crippen LogP contribution in [0.15, 0.2) is 34.9 Å². The minimum Gasteiger partial charge on any atom is -0.454 e. The van der Waals surface area contributed by atoms with E-state index >= 15 is 0 Å². The van der Waals surface area contributed by atoms with Crippen LogP contribution in [-0.4, -0.2) is 23.8 Å². The van der Waals surface area contributed by atoms with Gasteiger partial charge in [0.2, 0.25) is 0 Å². The largest absolute Gasteiger partial charge is 0.454 e. The molecule has 0 aliphatic heterocycles. The highest BCUT2D eigenvalue weighted by Gasteiger charge is 2.10. The third kappa shape index (κ3) is 4.34. The van der Waals surface area contributed by atoms with Crippen LogP contribution in [0.3, 0.4) is 0 Å². The second kappa shape index (κ2) is 7.26. The lowest BCUT2D eigenvalue weighted by Gasteiger charge is -2.06. The molecule has 22 heavy (non-hydrogen) atoms. The Labute approximate surface area is 127 Å². The molecular formula is C15H16N2O5. The van der Waals surface area contributed by atoms with E-state index in [1.807, 2.05) is 0 Å². The van der Waals surface area contributed by atoms with Gasteiger partial charge in [-0.25, -0.2) is 9.59 Å². The van der Waals surface area contributed by atoms with E-state index in [0.717, 1.165) is 5.69 Å². The summed E-state index contributed by atoms with van der Waals surface area (Å²) in [6.45, 7) is 3.80. The van der Waals surface area contributed by atoms with E-state index < -0.39 is 12.1 Å². The summed E-state index contributed by atoms with van der Waals surface area (Å²) in [5.41, 5.74) is 1.62. The van der Waals surface area contributed by atoms with Crippen LogP contribution in [0.1, 0.15) is 28.7 Å². The van der Waals surface area contributed by atoms with Crippen LogP contribution < -0.4 is 5.32 Å². The van der Waals surface area contributed by atoms with Gasteiger partial charge in [0, 0.05) is 11.8 Å². The van der Waals surface area contributed by atoms with Crippen LogP contribution in [0.2, 0.25) is 0 Å². The Morgan fingerprint density at radius 1 is 1.23 bits per heavy atom. The first kappa shape index (κ1) is 15.6. The van der Waals surface area contributed by atoms with E-state index in [0.29, 0.717) is 17.0 Å². The summed E-state index contributed by atoms with van der Waals surface area (Å²) < 4.78 is 14.8. The number of hydrogen-bond donors (Lipinski definition) is 1. The normalized spacial score (nSPS) is 10.1. The Kier molecular flexibility index (Phi) is 5.13. The predicted molar refractivity (Wildman–Crippen MR) is 77.4 cm³/mol. The monoisotopic (exact) mass is 304 g/mol. The fourth-order valence-corrected chi connectivity index (χ4v) is 1.68. The van der Waals surface area contributed by atoms with Gasteiger partial charge in [-0.05, 0) is 38.1 Å². The van der Waals surface area contributed by atoms with Gasteiger partial charge in [0.1, 0.15) is 0 Å². The minimum absolute atomic E-state index is 0.0164. The number of carbonyl (C=O) groups is 2. The van der Waals surface area contributed by atoms with Crippen LogP contribution in [-0.2, 0) is 16.1 Å². The number of rotatable bonds is 5. The molecule has 0 unspecified atom stereocenters. The lowest BCUT2D eigenvalue weighted by atomic mass is 10.2. The van der Waals surface area contributed by atoms with Crippen molar-refractivity contribution in [2.24, 2.45) is 0 Å². The average Bonchev–Trinajstić information content (AvgIpc) is 2.91. The summed E-state index contributed by atoms with van der Waals surface area (Å²) in [6.07, 6.45) is -0.543. The van der Waals surface area contributed by atoms with Gasteiger partial charge >= 0.3 is 12.1 Å². The number of esters is 1. The topological polar surface area (TPSA) is 90.7 Å². The van der Waals surface area contributed by atoms with Gasteiger partial charge in [0.25, 0.3) is 0 Å². The second-order valence-corrected chi connectivity index (χ2v) is 4.43. The molecule has 0 aliphatic carbocycles. The molecule has 1 aromatic carbocycles. The highest BCUT2D eigenvalue weighted by Crippen LogP contribution is 2.12. The van der Waals surface area contributed by atoms with Gasteiger partial charge < -0.3 is 14.0 Å². The number of ether oxygens (including phenoxy) is 2. The van der Waals surface area contributed by atoms with E-state index in [1.54, 1.807) is 44.2 Å². The van der Waals surface area contributed by atoms with Gasteiger partial charge in [-0.3, -0.25) is 5.32 Å².